The normalized spacial score (nSPS) is 10.8. The maximum absolute atomic E-state index is 5.87. The van der Waals surface area contributed by atoms with Crippen LogP contribution in [0, 0.1) is 0 Å². The van der Waals surface area contributed by atoms with Gasteiger partial charge < -0.3 is 10.1 Å². The summed E-state index contributed by atoms with van der Waals surface area (Å²) < 4.78 is 4.99. The van der Waals surface area contributed by atoms with Crippen LogP contribution in [0.15, 0.2) is 47.6 Å². The second-order valence-corrected chi connectivity index (χ2v) is 6.02. The molecule has 0 fully saturated rings. The molecule has 0 atom stereocenters. The Labute approximate surface area is 135 Å². The minimum Gasteiger partial charge on any atom is -0.383 e. The van der Waals surface area contributed by atoms with Gasteiger partial charge in [0.1, 0.15) is 0 Å². The van der Waals surface area contributed by atoms with Gasteiger partial charge in [-0.1, -0.05) is 29.8 Å². The van der Waals surface area contributed by atoms with E-state index in [1.165, 1.54) is 11.1 Å². The van der Waals surface area contributed by atoms with Gasteiger partial charge in [-0.25, -0.2) is 4.98 Å². The Kier molecular flexibility index (Phi) is 7.03. The first kappa shape index (κ1) is 16.3. The summed E-state index contributed by atoms with van der Waals surface area (Å²) in [6.45, 7) is 2.39. The zero-order chi connectivity index (χ0) is 14.9. The molecule has 21 heavy (non-hydrogen) atoms. The van der Waals surface area contributed by atoms with Crippen LogP contribution in [0.2, 0.25) is 5.02 Å². The van der Waals surface area contributed by atoms with Gasteiger partial charge >= 0.3 is 0 Å². The van der Waals surface area contributed by atoms with E-state index in [4.69, 9.17) is 16.3 Å². The predicted molar refractivity (Wildman–Crippen MR) is 88.8 cm³/mol. The quantitative estimate of drug-likeness (QED) is 0.592. The molecule has 0 aliphatic heterocycles. The summed E-state index contributed by atoms with van der Waals surface area (Å²) in [4.78, 5) is 4.48. The minimum absolute atomic E-state index is 0.725. The van der Waals surface area contributed by atoms with Crippen LogP contribution in [-0.4, -0.2) is 25.2 Å². The van der Waals surface area contributed by atoms with Crippen LogP contribution in [0.1, 0.15) is 11.1 Å². The molecule has 1 aromatic carbocycles. The van der Waals surface area contributed by atoms with Crippen molar-refractivity contribution in [3.8, 4) is 0 Å². The van der Waals surface area contributed by atoms with E-state index in [0.717, 1.165) is 35.5 Å². The van der Waals surface area contributed by atoms with Crippen LogP contribution in [-0.2, 0) is 17.0 Å². The highest BCUT2D eigenvalue weighted by Gasteiger charge is 1.99. The lowest BCUT2D eigenvalue weighted by Crippen LogP contribution is -2.18. The van der Waals surface area contributed by atoms with Gasteiger partial charge in [-0.15, -0.1) is 11.8 Å². The Morgan fingerprint density at radius 3 is 2.57 bits per heavy atom. The number of ether oxygens (including phenoxy) is 1. The SMILES string of the molecule is COCCNCc1ccc(SCc2ccc(Cl)cc2)nc1. The Morgan fingerprint density at radius 1 is 1.14 bits per heavy atom. The van der Waals surface area contributed by atoms with Crippen molar-refractivity contribution in [2.75, 3.05) is 20.3 Å². The van der Waals surface area contributed by atoms with Gasteiger partial charge in [0, 0.05) is 37.2 Å². The number of benzene rings is 1. The van der Waals surface area contributed by atoms with E-state index in [2.05, 4.69) is 22.4 Å². The van der Waals surface area contributed by atoms with Crippen molar-refractivity contribution in [3.05, 3.63) is 58.7 Å². The molecule has 0 aliphatic carbocycles. The molecule has 1 aromatic heterocycles. The number of halogens is 1. The van der Waals surface area contributed by atoms with Crippen LogP contribution in [0.4, 0.5) is 0 Å². The molecule has 1 heterocycles. The van der Waals surface area contributed by atoms with Gasteiger partial charge in [0.2, 0.25) is 0 Å². The first-order valence-electron chi connectivity index (χ1n) is 6.80. The van der Waals surface area contributed by atoms with Gasteiger partial charge in [-0.3, -0.25) is 0 Å². The van der Waals surface area contributed by atoms with Gasteiger partial charge in [0.15, 0.2) is 0 Å². The molecule has 0 bridgehead atoms. The molecular formula is C16H19ClN2OS. The van der Waals surface area contributed by atoms with Gasteiger partial charge in [0.25, 0.3) is 0 Å². The first-order chi connectivity index (χ1) is 10.3. The zero-order valence-electron chi connectivity index (χ0n) is 12.0. The fraction of sp³-hybridized carbons (Fsp3) is 0.312. The topological polar surface area (TPSA) is 34.1 Å². The van der Waals surface area contributed by atoms with E-state index >= 15 is 0 Å². The fourth-order valence-corrected chi connectivity index (χ4v) is 2.67. The molecule has 0 unspecified atom stereocenters. The standard InChI is InChI=1S/C16H19ClN2OS/c1-20-9-8-18-10-14-4-7-16(19-11-14)21-12-13-2-5-15(17)6-3-13/h2-7,11,18H,8-10,12H2,1H3. The average Bonchev–Trinajstić information content (AvgIpc) is 2.52. The highest BCUT2D eigenvalue weighted by Crippen LogP contribution is 2.21. The highest BCUT2D eigenvalue weighted by molar-refractivity contribution is 7.98. The molecule has 1 N–H and O–H groups in total. The number of rotatable bonds is 8. The van der Waals surface area contributed by atoms with Crippen LogP contribution >= 0.6 is 23.4 Å². The maximum Gasteiger partial charge on any atom is 0.0963 e. The highest BCUT2D eigenvalue weighted by atomic mass is 35.5. The third-order valence-electron chi connectivity index (χ3n) is 2.91. The lowest BCUT2D eigenvalue weighted by molar-refractivity contribution is 0.199. The molecule has 0 saturated carbocycles. The van der Waals surface area contributed by atoms with Gasteiger partial charge in [-0.2, -0.15) is 0 Å². The largest absolute Gasteiger partial charge is 0.383 e. The third-order valence-corrected chi connectivity index (χ3v) is 4.18. The lowest BCUT2D eigenvalue weighted by Gasteiger charge is -2.05. The summed E-state index contributed by atoms with van der Waals surface area (Å²) in [5.41, 5.74) is 2.43. The number of hydrogen-bond acceptors (Lipinski definition) is 4. The Morgan fingerprint density at radius 2 is 1.90 bits per heavy atom. The van der Waals surface area contributed by atoms with E-state index in [1.807, 2.05) is 30.5 Å². The molecule has 3 nitrogen and oxygen atoms in total. The molecule has 0 spiro atoms. The summed E-state index contributed by atoms with van der Waals surface area (Å²) in [6, 6.07) is 12.1. The number of nitrogens with zero attached hydrogens (tertiary/aromatic N) is 1. The van der Waals surface area contributed by atoms with Crippen molar-refractivity contribution in [1.29, 1.82) is 0 Å². The van der Waals surface area contributed by atoms with Crippen LogP contribution in [0.5, 0.6) is 0 Å². The Bertz CT molecular complexity index is 531. The minimum atomic E-state index is 0.725. The number of hydrogen-bond donors (Lipinski definition) is 1. The molecule has 5 heteroatoms. The van der Waals surface area contributed by atoms with Gasteiger partial charge in [0.05, 0.1) is 11.6 Å². The van der Waals surface area contributed by atoms with Crippen molar-refractivity contribution >= 4 is 23.4 Å². The van der Waals surface area contributed by atoms with E-state index < -0.39 is 0 Å². The van der Waals surface area contributed by atoms with Crippen molar-refractivity contribution in [2.24, 2.45) is 0 Å². The second-order valence-electron chi connectivity index (χ2n) is 4.59. The molecule has 2 rings (SSSR count). The fourth-order valence-electron chi connectivity index (χ4n) is 1.75. The van der Waals surface area contributed by atoms with E-state index in [0.29, 0.717) is 0 Å². The molecule has 0 amide bonds. The summed E-state index contributed by atoms with van der Waals surface area (Å²) in [5.74, 6) is 0.898. The Hall–Kier alpha value is -1.07. The molecule has 112 valence electrons. The molecular weight excluding hydrogens is 304 g/mol. The molecule has 0 saturated heterocycles. The summed E-state index contributed by atoms with van der Waals surface area (Å²) >= 11 is 7.60. The van der Waals surface area contributed by atoms with Crippen LogP contribution in [0.25, 0.3) is 0 Å². The molecule has 0 radical (unpaired) electrons. The number of pyridine rings is 1. The lowest BCUT2D eigenvalue weighted by atomic mass is 10.2. The number of aromatic nitrogens is 1. The summed E-state index contributed by atoms with van der Waals surface area (Å²) in [6.07, 6.45) is 1.92. The summed E-state index contributed by atoms with van der Waals surface area (Å²) in [7, 11) is 1.70. The predicted octanol–water partition coefficient (Wildman–Crippen LogP) is 3.76. The van der Waals surface area contributed by atoms with Crippen molar-refractivity contribution in [1.82, 2.24) is 10.3 Å². The van der Waals surface area contributed by atoms with E-state index in [9.17, 15) is 0 Å². The smallest absolute Gasteiger partial charge is 0.0963 e. The monoisotopic (exact) mass is 322 g/mol. The van der Waals surface area contributed by atoms with Crippen LogP contribution < -0.4 is 5.32 Å². The second kappa shape index (κ2) is 9.05. The van der Waals surface area contributed by atoms with Crippen molar-refractivity contribution in [3.63, 3.8) is 0 Å². The number of thioether (sulfide) groups is 1. The van der Waals surface area contributed by atoms with E-state index in [-0.39, 0.29) is 0 Å². The number of methoxy groups -OCH3 is 1. The third kappa shape index (κ3) is 6.06. The maximum atomic E-state index is 5.87. The average molecular weight is 323 g/mol. The van der Waals surface area contributed by atoms with E-state index in [1.54, 1.807) is 18.9 Å². The molecule has 2 aromatic rings. The molecule has 0 aliphatic rings. The first-order valence-corrected chi connectivity index (χ1v) is 8.16. The van der Waals surface area contributed by atoms with Gasteiger partial charge in [-0.05, 0) is 29.3 Å². The zero-order valence-corrected chi connectivity index (χ0v) is 13.6. The summed E-state index contributed by atoms with van der Waals surface area (Å²) in [5, 5.41) is 5.10. The Balaban J connectivity index is 1.78. The van der Waals surface area contributed by atoms with Crippen molar-refractivity contribution in [2.45, 2.75) is 17.3 Å². The van der Waals surface area contributed by atoms with Crippen molar-refractivity contribution < 1.29 is 4.74 Å². The number of nitrogens with one attached hydrogen (secondary N) is 1. The van der Waals surface area contributed by atoms with Crippen LogP contribution in [0.3, 0.4) is 0 Å².